The maximum absolute atomic E-state index is 6.44. The third-order valence-electron chi connectivity index (χ3n) is 4.18. The van der Waals surface area contributed by atoms with Crippen LogP contribution in [0.5, 0.6) is 5.75 Å². The van der Waals surface area contributed by atoms with E-state index in [4.69, 9.17) is 22.1 Å². The minimum absolute atomic E-state index is 0.194. The Bertz CT molecular complexity index is 1090. The van der Waals surface area contributed by atoms with Gasteiger partial charge in [0.15, 0.2) is 0 Å². The third-order valence-corrected chi connectivity index (χ3v) is 4.50. The molecule has 25 heavy (non-hydrogen) atoms. The van der Waals surface area contributed by atoms with E-state index in [1.54, 1.807) is 7.11 Å². The fraction of sp³-hybridized carbons (Fsp3) is 0.111. The van der Waals surface area contributed by atoms with Gasteiger partial charge in [0.05, 0.1) is 17.5 Å². The lowest BCUT2D eigenvalue weighted by Crippen LogP contribution is -2.13. The first-order chi connectivity index (χ1) is 12.1. The number of methoxy groups -OCH3 is 1. The molecule has 0 aliphatic heterocycles. The summed E-state index contributed by atoms with van der Waals surface area (Å²) in [6.45, 7) is 0. The number of nitrogens with two attached hydrogens (primary N) is 1. The number of anilines is 3. The SMILES string of the molecule is COc1cccc(N(C)c2nc(N)nc3[nH]c4cccc(Cl)c4c23)c1. The molecule has 6 nitrogen and oxygen atoms in total. The molecule has 4 rings (SSSR count). The number of ether oxygens (including phenoxy) is 1. The third kappa shape index (κ3) is 2.51. The molecule has 2 aromatic heterocycles. The van der Waals surface area contributed by atoms with Gasteiger partial charge in [-0.2, -0.15) is 9.97 Å². The average Bonchev–Trinajstić information content (AvgIpc) is 2.99. The number of fused-ring (bicyclic) bond motifs is 3. The normalized spacial score (nSPS) is 11.2. The molecule has 0 bridgehead atoms. The lowest BCUT2D eigenvalue weighted by atomic mass is 10.2. The highest BCUT2D eigenvalue weighted by Crippen LogP contribution is 2.38. The second kappa shape index (κ2) is 5.82. The summed E-state index contributed by atoms with van der Waals surface area (Å²) in [5.74, 6) is 1.63. The van der Waals surface area contributed by atoms with Crippen LogP contribution < -0.4 is 15.4 Å². The van der Waals surface area contributed by atoms with Crippen molar-refractivity contribution in [1.29, 1.82) is 0 Å². The van der Waals surface area contributed by atoms with E-state index >= 15 is 0 Å². The first-order valence-electron chi connectivity index (χ1n) is 7.69. The number of H-pyrrole nitrogens is 1. The minimum atomic E-state index is 0.194. The Labute approximate surface area is 149 Å². The molecule has 3 N–H and O–H groups in total. The number of nitrogens with one attached hydrogen (secondary N) is 1. The number of nitrogens with zero attached hydrogens (tertiary/aromatic N) is 3. The van der Waals surface area contributed by atoms with Gasteiger partial charge in [0.1, 0.15) is 17.2 Å². The topological polar surface area (TPSA) is 80.1 Å². The second-order valence-electron chi connectivity index (χ2n) is 5.68. The van der Waals surface area contributed by atoms with Crippen molar-refractivity contribution >= 4 is 51.0 Å². The van der Waals surface area contributed by atoms with E-state index in [1.807, 2.05) is 54.4 Å². The molecule has 0 saturated heterocycles. The highest BCUT2D eigenvalue weighted by atomic mass is 35.5. The second-order valence-corrected chi connectivity index (χ2v) is 6.08. The molecule has 2 heterocycles. The van der Waals surface area contributed by atoms with Crippen molar-refractivity contribution in [1.82, 2.24) is 15.0 Å². The maximum atomic E-state index is 6.44. The van der Waals surface area contributed by atoms with Gasteiger partial charge in [0.2, 0.25) is 5.95 Å². The molecule has 0 aliphatic carbocycles. The van der Waals surface area contributed by atoms with Crippen LogP contribution >= 0.6 is 11.6 Å². The Morgan fingerprint density at radius 1 is 1.12 bits per heavy atom. The van der Waals surface area contributed by atoms with Crippen LogP contribution in [0, 0.1) is 0 Å². The number of nitrogen functional groups attached to an aromatic ring is 1. The molecule has 4 aromatic rings. The molecule has 0 aliphatic rings. The Morgan fingerprint density at radius 2 is 1.92 bits per heavy atom. The van der Waals surface area contributed by atoms with Gasteiger partial charge >= 0.3 is 0 Å². The molecule has 126 valence electrons. The summed E-state index contributed by atoms with van der Waals surface area (Å²) in [5, 5.41) is 2.35. The van der Waals surface area contributed by atoms with Crippen LogP contribution in [0.4, 0.5) is 17.5 Å². The number of benzene rings is 2. The number of hydrogen-bond donors (Lipinski definition) is 2. The fourth-order valence-corrected chi connectivity index (χ4v) is 3.25. The van der Waals surface area contributed by atoms with E-state index in [1.165, 1.54) is 0 Å². The van der Waals surface area contributed by atoms with Crippen LogP contribution in [0.1, 0.15) is 0 Å². The number of aromatic nitrogens is 3. The van der Waals surface area contributed by atoms with Gasteiger partial charge in [-0.15, -0.1) is 0 Å². The Hall–Kier alpha value is -2.99. The quantitative estimate of drug-likeness (QED) is 0.579. The highest BCUT2D eigenvalue weighted by molar-refractivity contribution is 6.38. The molecular weight excluding hydrogens is 338 g/mol. The largest absolute Gasteiger partial charge is 0.497 e. The molecule has 0 fully saturated rings. The van der Waals surface area contributed by atoms with Gasteiger partial charge in [-0.1, -0.05) is 23.7 Å². The van der Waals surface area contributed by atoms with Crippen molar-refractivity contribution in [3.8, 4) is 5.75 Å². The first-order valence-corrected chi connectivity index (χ1v) is 8.07. The predicted molar refractivity (Wildman–Crippen MR) is 102 cm³/mol. The molecule has 0 radical (unpaired) electrons. The molecular formula is C18H16ClN5O. The predicted octanol–water partition coefficient (Wildman–Crippen LogP) is 4.12. The summed E-state index contributed by atoms with van der Waals surface area (Å²) in [6, 6.07) is 13.4. The van der Waals surface area contributed by atoms with Crippen LogP contribution in [0.3, 0.4) is 0 Å². The Kier molecular flexibility index (Phi) is 3.62. The first kappa shape index (κ1) is 15.5. The molecule has 2 aromatic carbocycles. The standard InChI is InChI=1S/C18H16ClN5O/c1-24(10-5-3-6-11(9-10)25-2)17-15-14-12(19)7-4-8-13(14)21-16(15)22-18(20)23-17/h3-9H,1-2H3,(H3,20,21,22,23). The fourth-order valence-electron chi connectivity index (χ4n) is 2.98. The lowest BCUT2D eigenvalue weighted by Gasteiger charge is -2.20. The van der Waals surface area contributed by atoms with Crippen molar-refractivity contribution in [2.75, 3.05) is 24.8 Å². The molecule has 0 saturated carbocycles. The smallest absolute Gasteiger partial charge is 0.224 e. The zero-order valence-electron chi connectivity index (χ0n) is 13.7. The van der Waals surface area contributed by atoms with Gasteiger partial charge in [-0.05, 0) is 24.3 Å². The van der Waals surface area contributed by atoms with Crippen molar-refractivity contribution in [3.63, 3.8) is 0 Å². The van der Waals surface area contributed by atoms with Crippen LogP contribution in [0.25, 0.3) is 21.9 Å². The van der Waals surface area contributed by atoms with E-state index in [2.05, 4.69) is 15.0 Å². The molecule has 0 amide bonds. The van der Waals surface area contributed by atoms with E-state index in [0.717, 1.165) is 27.7 Å². The zero-order chi connectivity index (χ0) is 17.6. The van der Waals surface area contributed by atoms with Crippen molar-refractivity contribution < 1.29 is 4.74 Å². The van der Waals surface area contributed by atoms with Crippen LogP contribution in [-0.2, 0) is 0 Å². The van der Waals surface area contributed by atoms with E-state index < -0.39 is 0 Å². The number of aromatic amines is 1. The maximum Gasteiger partial charge on any atom is 0.224 e. The molecule has 0 unspecified atom stereocenters. The number of halogens is 1. The summed E-state index contributed by atoms with van der Waals surface area (Å²) in [5.41, 5.74) is 8.39. The van der Waals surface area contributed by atoms with Gasteiger partial charge in [0.25, 0.3) is 0 Å². The van der Waals surface area contributed by atoms with Crippen LogP contribution in [-0.4, -0.2) is 29.1 Å². The van der Waals surface area contributed by atoms with E-state index in [9.17, 15) is 0 Å². The lowest BCUT2D eigenvalue weighted by molar-refractivity contribution is 0.415. The van der Waals surface area contributed by atoms with Crippen molar-refractivity contribution in [2.24, 2.45) is 0 Å². The van der Waals surface area contributed by atoms with Crippen molar-refractivity contribution in [3.05, 3.63) is 47.5 Å². The number of hydrogen-bond acceptors (Lipinski definition) is 5. The summed E-state index contributed by atoms with van der Waals surface area (Å²) < 4.78 is 5.32. The van der Waals surface area contributed by atoms with E-state index in [0.29, 0.717) is 16.5 Å². The zero-order valence-corrected chi connectivity index (χ0v) is 14.5. The molecule has 0 atom stereocenters. The minimum Gasteiger partial charge on any atom is -0.497 e. The van der Waals surface area contributed by atoms with Gasteiger partial charge in [0, 0.05) is 29.7 Å². The van der Waals surface area contributed by atoms with Gasteiger partial charge < -0.3 is 20.4 Å². The average molecular weight is 354 g/mol. The highest BCUT2D eigenvalue weighted by Gasteiger charge is 2.18. The van der Waals surface area contributed by atoms with Gasteiger partial charge in [-0.3, -0.25) is 0 Å². The molecule has 7 heteroatoms. The monoisotopic (exact) mass is 353 g/mol. The molecule has 0 spiro atoms. The van der Waals surface area contributed by atoms with Crippen LogP contribution in [0.2, 0.25) is 5.02 Å². The summed E-state index contributed by atoms with van der Waals surface area (Å²) >= 11 is 6.44. The summed E-state index contributed by atoms with van der Waals surface area (Å²) in [7, 11) is 3.56. The number of rotatable bonds is 3. The summed E-state index contributed by atoms with van der Waals surface area (Å²) in [6.07, 6.45) is 0. The van der Waals surface area contributed by atoms with Crippen molar-refractivity contribution in [2.45, 2.75) is 0 Å². The van der Waals surface area contributed by atoms with Gasteiger partial charge in [-0.25, -0.2) is 0 Å². The van der Waals surface area contributed by atoms with Crippen LogP contribution in [0.15, 0.2) is 42.5 Å². The Morgan fingerprint density at radius 3 is 2.72 bits per heavy atom. The van der Waals surface area contributed by atoms with E-state index in [-0.39, 0.29) is 5.95 Å². The summed E-state index contributed by atoms with van der Waals surface area (Å²) in [4.78, 5) is 14.0. The Balaban J connectivity index is 2.01.